The Bertz CT molecular complexity index is 346. The van der Waals surface area contributed by atoms with Gasteiger partial charge in [-0.2, -0.15) is 0 Å². The van der Waals surface area contributed by atoms with Crippen molar-refractivity contribution >= 4 is 0 Å². The molecule has 2 unspecified atom stereocenters. The van der Waals surface area contributed by atoms with Gasteiger partial charge in [-0.3, -0.25) is 0 Å². The molecule has 5 heteroatoms. The fourth-order valence-corrected chi connectivity index (χ4v) is 2.54. The van der Waals surface area contributed by atoms with Gasteiger partial charge >= 0.3 is 0 Å². The summed E-state index contributed by atoms with van der Waals surface area (Å²) in [6.07, 6.45) is 5.15. The molecule has 96 valence electrons. The van der Waals surface area contributed by atoms with Gasteiger partial charge in [0.2, 0.25) is 0 Å². The highest BCUT2D eigenvalue weighted by Gasteiger charge is 2.26. The summed E-state index contributed by atoms with van der Waals surface area (Å²) in [4.78, 5) is 0. The van der Waals surface area contributed by atoms with Crippen LogP contribution in [0.4, 0.5) is 0 Å². The Balaban J connectivity index is 2.06. The Morgan fingerprint density at radius 2 is 2.12 bits per heavy atom. The second-order valence-electron chi connectivity index (χ2n) is 5.40. The first-order valence-electron chi connectivity index (χ1n) is 6.68. The molecule has 0 bridgehead atoms. The van der Waals surface area contributed by atoms with E-state index in [-0.39, 0.29) is 0 Å². The molecule has 17 heavy (non-hydrogen) atoms. The summed E-state index contributed by atoms with van der Waals surface area (Å²) in [5.74, 6) is 1.66. The summed E-state index contributed by atoms with van der Waals surface area (Å²) in [6, 6.07) is 0.951. The molecule has 1 aromatic heterocycles. The molecule has 0 aromatic carbocycles. The Labute approximate surface area is 103 Å². The van der Waals surface area contributed by atoms with Crippen LogP contribution in [0.25, 0.3) is 0 Å². The number of aromatic nitrogens is 4. The van der Waals surface area contributed by atoms with E-state index in [0.29, 0.717) is 18.0 Å². The summed E-state index contributed by atoms with van der Waals surface area (Å²) in [7, 11) is 0. The Morgan fingerprint density at radius 3 is 2.82 bits per heavy atom. The van der Waals surface area contributed by atoms with Crippen molar-refractivity contribution in [1.82, 2.24) is 25.5 Å². The van der Waals surface area contributed by atoms with E-state index in [1.54, 1.807) is 0 Å². The third-order valence-electron chi connectivity index (χ3n) is 3.61. The molecular weight excluding hydrogens is 214 g/mol. The van der Waals surface area contributed by atoms with E-state index < -0.39 is 0 Å². The zero-order valence-corrected chi connectivity index (χ0v) is 11.1. The molecule has 2 atom stereocenters. The standard InChI is InChI=1S/C12H23N5/c1-9(2)13-8-12-14-15-16-17(12)11-7-5-4-6-10(11)3/h9-11,13H,4-8H2,1-3H3. The van der Waals surface area contributed by atoms with Gasteiger partial charge in [-0.15, -0.1) is 5.10 Å². The molecule has 1 N–H and O–H groups in total. The van der Waals surface area contributed by atoms with Gasteiger partial charge in [0.05, 0.1) is 12.6 Å². The van der Waals surface area contributed by atoms with Crippen molar-refractivity contribution in [2.75, 3.05) is 0 Å². The molecule has 1 heterocycles. The van der Waals surface area contributed by atoms with Crippen molar-refractivity contribution in [2.24, 2.45) is 5.92 Å². The van der Waals surface area contributed by atoms with E-state index in [2.05, 4.69) is 41.6 Å². The molecular formula is C12H23N5. The highest BCUT2D eigenvalue weighted by Crippen LogP contribution is 2.33. The molecule has 1 fully saturated rings. The molecule has 0 radical (unpaired) electrons. The fourth-order valence-electron chi connectivity index (χ4n) is 2.54. The SMILES string of the molecule is CC(C)NCc1nnnn1C1CCCCC1C. The first kappa shape index (κ1) is 12.5. The minimum absolute atomic E-state index is 0.462. The second kappa shape index (κ2) is 5.58. The Hall–Kier alpha value is -0.970. The van der Waals surface area contributed by atoms with Gasteiger partial charge in [0.15, 0.2) is 5.82 Å². The predicted molar refractivity (Wildman–Crippen MR) is 66.5 cm³/mol. The third kappa shape index (κ3) is 3.03. The summed E-state index contributed by atoms with van der Waals surface area (Å²) >= 11 is 0. The first-order valence-corrected chi connectivity index (χ1v) is 6.68. The number of hydrogen-bond donors (Lipinski definition) is 1. The quantitative estimate of drug-likeness (QED) is 0.869. The smallest absolute Gasteiger partial charge is 0.165 e. The molecule has 1 aliphatic rings. The molecule has 2 rings (SSSR count). The number of hydrogen-bond acceptors (Lipinski definition) is 4. The molecule has 0 amide bonds. The molecule has 1 aliphatic carbocycles. The van der Waals surface area contributed by atoms with Crippen LogP contribution in [0.3, 0.4) is 0 Å². The number of rotatable bonds is 4. The highest BCUT2D eigenvalue weighted by atomic mass is 15.6. The molecule has 1 aromatic rings. The lowest BCUT2D eigenvalue weighted by Crippen LogP contribution is -2.28. The number of nitrogens with one attached hydrogen (secondary N) is 1. The first-order chi connectivity index (χ1) is 8.18. The van der Waals surface area contributed by atoms with Crippen LogP contribution in [0.1, 0.15) is 58.3 Å². The maximum Gasteiger partial charge on any atom is 0.165 e. The predicted octanol–water partition coefficient (Wildman–Crippen LogP) is 1.92. The monoisotopic (exact) mass is 237 g/mol. The minimum atomic E-state index is 0.462. The minimum Gasteiger partial charge on any atom is -0.308 e. The van der Waals surface area contributed by atoms with Crippen molar-refractivity contribution < 1.29 is 0 Å². The van der Waals surface area contributed by atoms with E-state index in [4.69, 9.17) is 0 Å². The Morgan fingerprint density at radius 1 is 1.35 bits per heavy atom. The normalized spacial score (nSPS) is 25.4. The third-order valence-corrected chi connectivity index (χ3v) is 3.61. The van der Waals surface area contributed by atoms with E-state index in [1.165, 1.54) is 25.7 Å². The van der Waals surface area contributed by atoms with Crippen LogP contribution in [0.5, 0.6) is 0 Å². The van der Waals surface area contributed by atoms with Crippen molar-refractivity contribution in [1.29, 1.82) is 0 Å². The van der Waals surface area contributed by atoms with Crippen molar-refractivity contribution in [3.8, 4) is 0 Å². The van der Waals surface area contributed by atoms with Crippen LogP contribution in [0.2, 0.25) is 0 Å². The second-order valence-corrected chi connectivity index (χ2v) is 5.40. The summed E-state index contributed by atoms with van der Waals surface area (Å²) in [6.45, 7) is 7.34. The molecule has 0 spiro atoms. The van der Waals surface area contributed by atoms with Gasteiger partial charge in [0, 0.05) is 6.04 Å². The lowest BCUT2D eigenvalue weighted by Gasteiger charge is -2.29. The number of nitrogens with zero attached hydrogens (tertiary/aromatic N) is 4. The van der Waals surface area contributed by atoms with Gasteiger partial charge in [-0.1, -0.05) is 33.6 Å². The summed E-state index contributed by atoms with van der Waals surface area (Å²) in [5.41, 5.74) is 0. The topological polar surface area (TPSA) is 55.6 Å². The maximum absolute atomic E-state index is 4.18. The summed E-state index contributed by atoms with van der Waals surface area (Å²) < 4.78 is 2.04. The lowest BCUT2D eigenvalue weighted by molar-refractivity contribution is 0.230. The number of tetrazole rings is 1. The van der Waals surface area contributed by atoms with Crippen molar-refractivity contribution in [3.63, 3.8) is 0 Å². The van der Waals surface area contributed by atoms with E-state index in [0.717, 1.165) is 12.4 Å². The fraction of sp³-hybridized carbons (Fsp3) is 0.917. The van der Waals surface area contributed by atoms with Crippen LogP contribution in [0.15, 0.2) is 0 Å². The largest absolute Gasteiger partial charge is 0.308 e. The van der Waals surface area contributed by atoms with Gasteiger partial charge < -0.3 is 5.32 Å². The molecule has 0 saturated heterocycles. The Kier molecular flexibility index (Phi) is 4.10. The van der Waals surface area contributed by atoms with Crippen LogP contribution in [-0.4, -0.2) is 26.2 Å². The van der Waals surface area contributed by atoms with Crippen LogP contribution >= 0.6 is 0 Å². The van der Waals surface area contributed by atoms with Crippen molar-refractivity contribution in [3.05, 3.63) is 5.82 Å². The summed E-state index contributed by atoms with van der Waals surface area (Å²) in [5, 5.41) is 15.5. The van der Waals surface area contributed by atoms with E-state index in [1.807, 2.05) is 4.68 Å². The van der Waals surface area contributed by atoms with Gasteiger partial charge in [-0.25, -0.2) is 4.68 Å². The van der Waals surface area contributed by atoms with Crippen LogP contribution in [-0.2, 0) is 6.54 Å². The van der Waals surface area contributed by atoms with Crippen LogP contribution in [0, 0.1) is 5.92 Å². The zero-order chi connectivity index (χ0) is 12.3. The average molecular weight is 237 g/mol. The molecule has 1 saturated carbocycles. The van der Waals surface area contributed by atoms with Crippen molar-refractivity contribution in [2.45, 2.75) is 65.1 Å². The lowest BCUT2D eigenvalue weighted by atomic mass is 9.86. The van der Waals surface area contributed by atoms with E-state index >= 15 is 0 Å². The van der Waals surface area contributed by atoms with Gasteiger partial charge in [0.25, 0.3) is 0 Å². The van der Waals surface area contributed by atoms with E-state index in [9.17, 15) is 0 Å². The maximum atomic E-state index is 4.18. The average Bonchev–Trinajstić information content (AvgIpc) is 2.75. The zero-order valence-electron chi connectivity index (χ0n) is 11.1. The van der Waals surface area contributed by atoms with Crippen LogP contribution < -0.4 is 5.32 Å². The van der Waals surface area contributed by atoms with Gasteiger partial charge in [-0.05, 0) is 29.2 Å². The van der Waals surface area contributed by atoms with Gasteiger partial charge in [0.1, 0.15) is 0 Å². The molecule has 5 nitrogen and oxygen atoms in total. The highest BCUT2D eigenvalue weighted by molar-refractivity contribution is 4.87. The molecule has 0 aliphatic heterocycles.